The minimum absolute atomic E-state index is 0.0441. The Morgan fingerprint density at radius 3 is 2.88 bits per heavy atom. The van der Waals surface area contributed by atoms with E-state index >= 15 is 0 Å². The third-order valence-electron chi connectivity index (χ3n) is 4.44. The van der Waals surface area contributed by atoms with Crippen molar-refractivity contribution in [1.82, 2.24) is 14.7 Å². The Bertz CT molecular complexity index is 888. The maximum Gasteiger partial charge on any atom is 0.227 e. The van der Waals surface area contributed by atoms with Gasteiger partial charge in [-0.25, -0.2) is 4.39 Å². The molecule has 0 unspecified atom stereocenters. The second kappa shape index (κ2) is 6.80. The maximum atomic E-state index is 13.8. The molecular formula is C19H18FN3OS. The first-order chi connectivity index (χ1) is 12.2. The van der Waals surface area contributed by atoms with Crippen LogP contribution in [0.25, 0.3) is 10.6 Å². The van der Waals surface area contributed by atoms with Gasteiger partial charge in [-0.2, -0.15) is 5.10 Å². The number of thiophene rings is 1. The lowest BCUT2D eigenvalue weighted by molar-refractivity contribution is -0.131. The van der Waals surface area contributed by atoms with Crippen LogP contribution in [0, 0.1) is 5.82 Å². The summed E-state index contributed by atoms with van der Waals surface area (Å²) < 4.78 is 15.8. The summed E-state index contributed by atoms with van der Waals surface area (Å²) in [5.41, 5.74) is 2.43. The fourth-order valence-electron chi connectivity index (χ4n) is 3.14. The van der Waals surface area contributed by atoms with Gasteiger partial charge in [0.1, 0.15) is 11.5 Å². The predicted octanol–water partition coefficient (Wildman–Crippen LogP) is 3.73. The molecule has 2 aromatic heterocycles. The third-order valence-corrected chi connectivity index (χ3v) is 5.33. The minimum atomic E-state index is -0.323. The Morgan fingerprint density at radius 2 is 2.08 bits per heavy atom. The van der Waals surface area contributed by atoms with Gasteiger partial charge in [0.25, 0.3) is 0 Å². The smallest absolute Gasteiger partial charge is 0.227 e. The summed E-state index contributed by atoms with van der Waals surface area (Å²) in [5.74, 6) is -0.367. The van der Waals surface area contributed by atoms with E-state index in [1.807, 2.05) is 27.1 Å². The number of hydrogen-bond acceptors (Lipinski definition) is 3. The van der Waals surface area contributed by atoms with Crippen LogP contribution in [0.15, 0.2) is 47.8 Å². The Morgan fingerprint density at radius 1 is 1.20 bits per heavy atom. The van der Waals surface area contributed by atoms with Crippen LogP contribution in [0.4, 0.5) is 4.39 Å². The van der Waals surface area contributed by atoms with Crippen molar-refractivity contribution in [2.24, 2.45) is 0 Å². The number of carbonyl (C=O) groups excluding carboxylic acids is 1. The molecule has 0 saturated carbocycles. The molecule has 0 saturated heterocycles. The Hall–Kier alpha value is -2.47. The van der Waals surface area contributed by atoms with Gasteiger partial charge in [-0.1, -0.05) is 24.3 Å². The highest BCUT2D eigenvalue weighted by Crippen LogP contribution is 2.26. The van der Waals surface area contributed by atoms with Crippen LogP contribution in [0.2, 0.25) is 0 Å². The number of aromatic nitrogens is 2. The lowest BCUT2D eigenvalue weighted by atomic mass is 10.1. The van der Waals surface area contributed by atoms with Crippen molar-refractivity contribution >= 4 is 17.2 Å². The van der Waals surface area contributed by atoms with Crippen molar-refractivity contribution in [3.05, 3.63) is 64.9 Å². The van der Waals surface area contributed by atoms with Gasteiger partial charge in [0.05, 0.1) is 23.5 Å². The van der Waals surface area contributed by atoms with Crippen LogP contribution in [-0.4, -0.2) is 27.1 Å². The monoisotopic (exact) mass is 355 g/mol. The van der Waals surface area contributed by atoms with Crippen LogP contribution < -0.4 is 0 Å². The quantitative estimate of drug-likeness (QED) is 0.718. The summed E-state index contributed by atoms with van der Waals surface area (Å²) in [6.45, 7) is 1.99. The number of benzene rings is 1. The van der Waals surface area contributed by atoms with Crippen molar-refractivity contribution in [2.75, 3.05) is 6.54 Å². The molecule has 25 heavy (non-hydrogen) atoms. The van der Waals surface area contributed by atoms with E-state index in [-0.39, 0.29) is 18.1 Å². The average molecular weight is 355 g/mol. The molecule has 0 N–H and O–H groups in total. The number of amides is 1. The summed E-state index contributed by atoms with van der Waals surface area (Å²) in [6.07, 6.45) is 0.945. The summed E-state index contributed by atoms with van der Waals surface area (Å²) >= 11 is 1.66. The zero-order valence-electron chi connectivity index (χ0n) is 13.7. The molecule has 0 radical (unpaired) electrons. The molecule has 0 aliphatic carbocycles. The number of aryl methyl sites for hydroxylation is 1. The molecule has 1 aliphatic heterocycles. The van der Waals surface area contributed by atoms with Gasteiger partial charge in [-0.05, 0) is 35.6 Å². The predicted molar refractivity (Wildman–Crippen MR) is 95.7 cm³/mol. The summed E-state index contributed by atoms with van der Waals surface area (Å²) in [7, 11) is 0. The van der Waals surface area contributed by atoms with Crippen LogP contribution >= 0.6 is 11.3 Å². The molecule has 1 aromatic carbocycles. The van der Waals surface area contributed by atoms with E-state index in [1.54, 1.807) is 29.5 Å². The first-order valence-corrected chi connectivity index (χ1v) is 9.20. The van der Waals surface area contributed by atoms with Crippen LogP contribution in [0.5, 0.6) is 0 Å². The number of nitrogens with zero attached hydrogens (tertiary/aromatic N) is 3. The molecule has 128 valence electrons. The van der Waals surface area contributed by atoms with Crippen molar-refractivity contribution in [1.29, 1.82) is 0 Å². The number of hydrogen-bond donors (Lipinski definition) is 0. The first kappa shape index (κ1) is 16.0. The lowest BCUT2D eigenvalue weighted by Gasteiger charge is -2.20. The molecular weight excluding hydrogens is 337 g/mol. The fourth-order valence-corrected chi connectivity index (χ4v) is 3.82. The highest BCUT2D eigenvalue weighted by molar-refractivity contribution is 7.13. The molecule has 0 atom stereocenters. The SMILES string of the molecule is O=C(Cc1ccccc1F)N1CCCn2nc(-c3cccs3)cc2C1. The molecule has 6 heteroatoms. The van der Waals surface area contributed by atoms with Gasteiger partial charge in [-0.3, -0.25) is 9.48 Å². The highest BCUT2D eigenvalue weighted by Gasteiger charge is 2.22. The zero-order valence-corrected chi connectivity index (χ0v) is 14.5. The Labute approximate surface area is 149 Å². The van der Waals surface area contributed by atoms with Crippen molar-refractivity contribution < 1.29 is 9.18 Å². The fraction of sp³-hybridized carbons (Fsp3) is 0.263. The molecule has 0 bridgehead atoms. The van der Waals surface area contributed by atoms with Crippen LogP contribution in [0.1, 0.15) is 17.7 Å². The highest BCUT2D eigenvalue weighted by atomic mass is 32.1. The standard InChI is InChI=1S/C19H18FN3OS/c20-16-6-2-1-5-14(16)11-19(24)22-8-4-9-23-15(13-22)12-17(21-23)18-7-3-10-25-18/h1-3,5-7,10,12H,4,8-9,11,13H2. The van der Waals surface area contributed by atoms with Gasteiger partial charge in [0.2, 0.25) is 5.91 Å². The van der Waals surface area contributed by atoms with E-state index in [0.29, 0.717) is 18.7 Å². The molecule has 0 fully saturated rings. The number of fused-ring (bicyclic) bond motifs is 1. The zero-order chi connectivity index (χ0) is 17.2. The first-order valence-electron chi connectivity index (χ1n) is 8.32. The van der Waals surface area contributed by atoms with Crippen molar-refractivity contribution in [2.45, 2.75) is 25.9 Å². The second-order valence-corrected chi connectivity index (χ2v) is 7.11. The Kier molecular flexibility index (Phi) is 4.36. The van der Waals surface area contributed by atoms with Gasteiger partial charge in [-0.15, -0.1) is 11.3 Å². The van der Waals surface area contributed by atoms with Gasteiger partial charge in [0, 0.05) is 13.1 Å². The maximum absolute atomic E-state index is 13.8. The van der Waals surface area contributed by atoms with Gasteiger partial charge in [0.15, 0.2) is 0 Å². The van der Waals surface area contributed by atoms with E-state index < -0.39 is 0 Å². The topological polar surface area (TPSA) is 38.1 Å². The van der Waals surface area contributed by atoms with Gasteiger partial charge < -0.3 is 4.90 Å². The molecule has 0 spiro atoms. The van der Waals surface area contributed by atoms with Crippen LogP contribution in [0.3, 0.4) is 0 Å². The molecule has 4 nitrogen and oxygen atoms in total. The number of halogens is 1. The number of rotatable bonds is 3. The van der Waals surface area contributed by atoms with Crippen molar-refractivity contribution in [3.63, 3.8) is 0 Å². The molecule has 3 aromatic rings. The van der Waals surface area contributed by atoms with Crippen molar-refractivity contribution in [3.8, 4) is 10.6 Å². The molecule has 1 amide bonds. The lowest BCUT2D eigenvalue weighted by Crippen LogP contribution is -2.32. The van der Waals surface area contributed by atoms with E-state index in [0.717, 1.165) is 29.2 Å². The largest absolute Gasteiger partial charge is 0.336 e. The second-order valence-electron chi connectivity index (χ2n) is 6.16. The normalized spacial score (nSPS) is 14.2. The summed E-state index contributed by atoms with van der Waals surface area (Å²) in [6, 6.07) is 12.6. The summed E-state index contributed by atoms with van der Waals surface area (Å²) in [4.78, 5) is 15.6. The minimum Gasteiger partial charge on any atom is -0.336 e. The van der Waals surface area contributed by atoms with E-state index in [1.165, 1.54) is 6.07 Å². The summed E-state index contributed by atoms with van der Waals surface area (Å²) in [5, 5.41) is 6.71. The molecule has 1 aliphatic rings. The number of carbonyl (C=O) groups is 1. The van der Waals surface area contributed by atoms with Gasteiger partial charge >= 0.3 is 0 Å². The average Bonchev–Trinajstić information content (AvgIpc) is 3.23. The van der Waals surface area contributed by atoms with Crippen LogP contribution in [-0.2, 0) is 24.3 Å². The molecule has 3 heterocycles. The van der Waals surface area contributed by atoms with E-state index in [4.69, 9.17) is 0 Å². The van der Waals surface area contributed by atoms with E-state index in [9.17, 15) is 9.18 Å². The Balaban J connectivity index is 1.53. The molecule has 4 rings (SSSR count). The van der Waals surface area contributed by atoms with E-state index in [2.05, 4.69) is 11.2 Å². The third kappa shape index (κ3) is 3.35.